The maximum Gasteiger partial charge on any atom is 0.280 e. The van der Waals surface area contributed by atoms with Crippen molar-refractivity contribution in [2.45, 2.75) is 121 Å². The number of ketones is 1. The van der Waals surface area contributed by atoms with Gasteiger partial charge in [0.15, 0.2) is 68.8 Å². The molecule has 0 spiro atoms. The van der Waals surface area contributed by atoms with Crippen molar-refractivity contribution < 1.29 is 53.3 Å². The lowest BCUT2D eigenvalue weighted by molar-refractivity contribution is -0.242. The summed E-state index contributed by atoms with van der Waals surface area (Å²) in [6.07, 6.45) is 2.82. The summed E-state index contributed by atoms with van der Waals surface area (Å²) in [5, 5.41) is 43.5. The fourth-order valence-corrected chi connectivity index (χ4v) is 8.11. The van der Waals surface area contributed by atoms with Crippen LogP contribution in [0.2, 0.25) is 10.3 Å². The lowest BCUT2D eigenvalue weighted by Gasteiger charge is -2.32. The van der Waals surface area contributed by atoms with Gasteiger partial charge in [0.2, 0.25) is 0 Å². The van der Waals surface area contributed by atoms with E-state index in [4.69, 9.17) is 85.7 Å². The van der Waals surface area contributed by atoms with E-state index >= 15 is 0 Å². The van der Waals surface area contributed by atoms with Gasteiger partial charge in [-0.25, -0.2) is 19.9 Å². The van der Waals surface area contributed by atoms with Crippen molar-refractivity contribution in [3.63, 3.8) is 0 Å². The van der Waals surface area contributed by atoms with E-state index in [0.29, 0.717) is 44.1 Å². The molecule has 24 nitrogen and oxygen atoms in total. The van der Waals surface area contributed by atoms with Crippen molar-refractivity contribution in [3.8, 4) is 11.5 Å². The number of halogens is 2. The van der Waals surface area contributed by atoms with Crippen LogP contribution >= 0.6 is 23.2 Å². The minimum atomic E-state index is -0.958. The highest BCUT2D eigenvalue weighted by molar-refractivity contribution is 6.32. The molecule has 16 N–H and O–H groups in total. The van der Waals surface area contributed by atoms with Crippen LogP contribution in [0.1, 0.15) is 97.8 Å². The number of aliphatic imine (C=N–C) groups is 1. The highest BCUT2D eigenvalue weighted by Gasteiger charge is 2.44. The molecule has 2 aromatic heterocycles. The number of aryl methyl sites for hydroxylation is 2. The molecule has 0 saturated carbocycles. The van der Waals surface area contributed by atoms with Crippen LogP contribution in [-0.2, 0) is 31.8 Å². The van der Waals surface area contributed by atoms with E-state index in [1.54, 1.807) is 13.8 Å². The molecule has 0 unspecified atom stereocenters. The molecule has 26 heteroatoms. The highest BCUT2D eigenvalue weighted by Crippen LogP contribution is 2.30. The lowest BCUT2D eigenvalue weighted by Crippen LogP contribution is -2.48. The molecule has 6 rings (SSSR count). The number of benzene rings is 2. The number of anilines is 4. The van der Waals surface area contributed by atoms with Gasteiger partial charge in [-0.2, -0.15) is 0 Å². The number of aromatic nitrogens is 4. The second kappa shape index (κ2) is 30.0. The summed E-state index contributed by atoms with van der Waals surface area (Å²) in [7, 11) is 0. The van der Waals surface area contributed by atoms with E-state index in [9.17, 15) is 24.9 Å². The molecule has 4 heterocycles. The Balaban J connectivity index is 0.000000281. The zero-order chi connectivity index (χ0) is 55.4. The first kappa shape index (κ1) is 60.8. The topological polar surface area (TPSA) is 392 Å². The van der Waals surface area contributed by atoms with Crippen LogP contribution in [0.3, 0.4) is 0 Å². The number of nitrogens with one attached hydrogen (secondary N) is 3. The third-order valence-electron chi connectivity index (χ3n) is 11.7. The third kappa shape index (κ3) is 19.8. The highest BCUT2D eigenvalue weighted by atomic mass is 35.5. The molecule has 2 fully saturated rings. The van der Waals surface area contributed by atoms with Gasteiger partial charge in [-0.15, -0.1) is 0 Å². The molecule has 0 aliphatic carbocycles. The van der Waals surface area contributed by atoms with Gasteiger partial charge in [-0.1, -0.05) is 53.9 Å². The second-order valence-corrected chi connectivity index (χ2v) is 19.1. The van der Waals surface area contributed by atoms with Gasteiger partial charge in [0.1, 0.15) is 55.2 Å². The van der Waals surface area contributed by atoms with Crippen molar-refractivity contribution in [1.82, 2.24) is 30.6 Å². The van der Waals surface area contributed by atoms with Crippen LogP contribution in [0.4, 0.5) is 23.3 Å². The molecule has 416 valence electrons. The number of nitrogen functional groups attached to an aromatic ring is 4. The zero-order valence-electron chi connectivity index (χ0n) is 42.9. The van der Waals surface area contributed by atoms with E-state index < -0.39 is 41.9 Å². The van der Waals surface area contributed by atoms with Crippen LogP contribution in [0, 0.1) is 5.41 Å². The average molecular weight is 1100 g/mol. The van der Waals surface area contributed by atoms with Crippen molar-refractivity contribution >= 4 is 69.8 Å². The van der Waals surface area contributed by atoms with Gasteiger partial charge >= 0.3 is 0 Å². The Morgan fingerprint density at radius 2 is 1.54 bits per heavy atom. The number of nitrogens with two attached hydrogens (primary N) is 5. The number of nitrogens with zero attached hydrogens (tertiary/aromatic N) is 5. The molecule has 0 radical (unpaired) electrons. The Hall–Kier alpha value is -6.06. The number of hydrogen-bond donors (Lipinski definition) is 11. The normalized spacial score (nSPS) is 19.5. The van der Waals surface area contributed by atoms with Gasteiger partial charge in [-0.05, 0) is 101 Å². The molecule has 2 aliphatic heterocycles. The van der Waals surface area contributed by atoms with E-state index in [1.807, 2.05) is 55.5 Å². The number of carbonyl (C=O) groups is 2. The lowest BCUT2D eigenvalue weighted by atomic mass is 10.0. The van der Waals surface area contributed by atoms with Crippen molar-refractivity contribution in [1.29, 1.82) is 5.41 Å². The minimum Gasteiger partial charge on any atom is -0.492 e. The number of Topliss-reactive ketones (excluding diaryl/α,β-unsaturated/α-hetero) is 1. The smallest absolute Gasteiger partial charge is 0.280 e. The minimum absolute atomic E-state index is 0.00466. The number of amides is 1. The fraction of sp³-hybridized carbons (Fsp3) is 0.520. The number of carbonyl (C=O) groups excluding carboxylic acids is 2. The number of unbranched alkanes of at least 4 members (excludes halogenated alkanes) is 3. The number of aliphatic hydroxyl groups excluding tert-OH is 3. The molecule has 1 amide bonds. The molecular formula is C50H71Cl2N13O11. The molecule has 4 aromatic rings. The first-order valence-corrected chi connectivity index (χ1v) is 25.6. The molecule has 0 bridgehead atoms. The van der Waals surface area contributed by atoms with Gasteiger partial charge in [0, 0.05) is 25.3 Å². The second-order valence-electron chi connectivity index (χ2n) is 18.4. The predicted octanol–water partition coefficient (Wildman–Crippen LogP) is 3.39. The number of rotatable bonds is 26. The van der Waals surface area contributed by atoms with Crippen molar-refractivity contribution in [2.24, 2.45) is 10.7 Å². The number of aliphatic hydroxyl groups is 3. The molecule has 2 aliphatic rings. The number of guanidine groups is 1. The number of ether oxygens (including phenoxy) is 6. The zero-order valence-corrected chi connectivity index (χ0v) is 44.4. The van der Waals surface area contributed by atoms with E-state index in [1.165, 1.54) is 5.56 Å². The summed E-state index contributed by atoms with van der Waals surface area (Å²) in [6.45, 7) is 7.41. The summed E-state index contributed by atoms with van der Waals surface area (Å²) in [6, 6.07) is 15.6. The maximum atomic E-state index is 12.4. The summed E-state index contributed by atoms with van der Waals surface area (Å²) < 4.78 is 33.6. The van der Waals surface area contributed by atoms with Crippen molar-refractivity contribution in [3.05, 3.63) is 81.4 Å². The van der Waals surface area contributed by atoms with Crippen LogP contribution in [0.15, 0.2) is 53.5 Å². The SMILES string of the molecule is CC1(C)O[C@H]([C@H](O)COc2cccc(CCCCCC(=N)CC(=O)c3nc(Cl)c(N)nc3N)c2)[C@H](CO)O1.C[C@@H]1OC[C@@H](O)[C@H](CNCCOc2ccc(CCCCN=C(N)NC(=O)c3nc(Cl)c(N)nc3N)cc2)O1. The molecular weight excluding hydrogens is 1030 g/mol. The maximum absolute atomic E-state index is 12.4. The van der Waals surface area contributed by atoms with Crippen molar-refractivity contribution in [2.75, 3.05) is 69.0 Å². The molecule has 2 aromatic carbocycles. The molecule has 2 saturated heterocycles. The Labute approximate surface area is 451 Å². The first-order chi connectivity index (χ1) is 36.2. The molecule has 76 heavy (non-hydrogen) atoms. The summed E-state index contributed by atoms with van der Waals surface area (Å²) in [5.41, 5.74) is 30.5. The first-order valence-electron chi connectivity index (χ1n) is 24.8. The Morgan fingerprint density at radius 3 is 2.25 bits per heavy atom. The van der Waals surface area contributed by atoms with Gasteiger partial charge in [-0.3, -0.25) is 19.9 Å². The van der Waals surface area contributed by atoms with Crippen LogP contribution in [0.5, 0.6) is 11.5 Å². The predicted molar refractivity (Wildman–Crippen MR) is 287 cm³/mol. The van der Waals surface area contributed by atoms with E-state index in [2.05, 4.69) is 35.6 Å². The summed E-state index contributed by atoms with van der Waals surface area (Å²) in [5.74, 6) is -0.938. The average Bonchev–Trinajstić information content (AvgIpc) is 3.71. The van der Waals surface area contributed by atoms with E-state index in [-0.39, 0.29) is 89.6 Å². The van der Waals surface area contributed by atoms with Crippen LogP contribution in [0.25, 0.3) is 0 Å². The quantitative estimate of drug-likeness (QED) is 0.0186. The Morgan fingerprint density at radius 1 is 0.868 bits per heavy atom. The van der Waals surface area contributed by atoms with Gasteiger partial charge < -0.3 is 83.1 Å². The van der Waals surface area contributed by atoms with Crippen LogP contribution < -0.4 is 48.8 Å². The fourth-order valence-electron chi connectivity index (χ4n) is 7.86. The largest absolute Gasteiger partial charge is 0.492 e. The summed E-state index contributed by atoms with van der Waals surface area (Å²) >= 11 is 11.6. The van der Waals surface area contributed by atoms with Gasteiger partial charge in [0.25, 0.3) is 5.91 Å². The third-order valence-corrected chi connectivity index (χ3v) is 12.3. The van der Waals surface area contributed by atoms with Crippen LogP contribution in [-0.4, -0.2) is 147 Å². The summed E-state index contributed by atoms with van der Waals surface area (Å²) in [4.78, 5) is 44.1. The van der Waals surface area contributed by atoms with E-state index in [0.717, 1.165) is 56.3 Å². The number of hydrogen-bond acceptors (Lipinski definition) is 22. The molecule has 6 atom stereocenters. The standard InChI is InChI=1S/C26H36ClN5O6.C24H35ClN8O5/c1-26(2)37-20(13-33)22(38-26)19(35)14-36-17-10-6-8-15(11-17)7-4-3-5-9-16(28)12-18(34)21-24(29)32-25(30)23(27)31-21;1-14-37-13-17(34)18(38-14)12-29-10-11-36-16-7-5-15(6-8-16)4-2-3-9-30-24(28)33-23(35)19-21(26)32-22(27)20(25)31-19/h6,8,10-11,19-20,22,28,33,35H,3-5,7,9,12-14H2,1-2H3,(H4,29,30,32);5-8,14,17-18,29,34H,2-4,9-13H2,1H3,(H4,26,27,32)(H3,28,30,33,35)/t19-,20+,22-;14-,17-,18+/m11/s1. The Kier molecular flexibility index (Phi) is 24.0. The van der Waals surface area contributed by atoms with Gasteiger partial charge in [0.05, 0.1) is 19.6 Å². The monoisotopic (exact) mass is 1100 g/mol. The Bertz CT molecular complexity index is 2570.